The van der Waals surface area contributed by atoms with Gasteiger partial charge in [-0.1, -0.05) is 6.07 Å². The molecule has 1 heterocycles. The minimum atomic E-state index is 0.0184. The third-order valence-electron chi connectivity index (χ3n) is 2.51. The van der Waals surface area contributed by atoms with Crippen LogP contribution in [0.3, 0.4) is 0 Å². The summed E-state index contributed by atoms with van der Waals surface area (Å²) in [7, 11) is 0. The topological polar surface area (TPSA) is 50.7 Å². The van der Waals surface area contributed by atoms with E-state index in [1.165, 1.54) is 5.56 Å². The van der Waals surface area contributed by atoms with Crippen LogP contribution in [-0.4, -0.2) is 31.6 Å². The lowest BCUT2D eigenvalue weighted by atomic mass is 10.1. The maximum Gasteiger partial charge on any atom is 0.161 e. The predicted molar refractivity (Wildman–Crippen MR) is 60.8 cm³/mol. The van der Waals surface area contributed by atoms with Gasteiger partial charge < -0.3 is 14.6 Å². The minimum Gasteiger partial charge on any atom is -0.490 e. The molecule has 16 heavy (non-hydrogen) atoms. The zero-order valence-electron chi connectivity index (χ0n) is 9.24. The van der Waals surface area contributed by atoms with Gasteiger partial charge >= 0.3 is 0 Å². The van der Waals surface area contributed by atoms with Gasteiger partial charge in [0, 0.05) is 13.0 Å². The summed E-state index contributed by atoms with van der Waals surface area (Å²) in [5.41, 5.74) is 1.19. The molecule has 4 nitrogen and oxygen atoms in total. The summed E-state index contributed by atoms with van der Waals surface area (Å²) in [6.07, 6.45) is 1.80. The second kappa shape index (κ2) is 5.72. The lowest BCUT2D eigenvalue weighted by Gasteiger charge is -2.09. The zero-order chi connectivity index (χ0) is 11.2. The summed E-state index contributed by atoms with van der Waals surface area (Å²) >= 11 is 0. The van der Waals surface area contributed by atoms with Gasteiger partial charge in [-0.15, -0.1) is 0 Å². The van der Waals surface area contributed by atoms with Gasteiger partial charge in [0.05, 0.1) is 19.9 Å². The van der Waals surface area contributed by atoms with Gasteiger partial charge in [-0.2, -0.15) is 0 Å². The highest BCUT2D eigenvalue weighted by atomic mass is 16.5. The van der Waals surface area contributed by atoms with Crippen LogP contribution >= 0.6 is 0 Å². The quantitative estimate of drug-likeness (QED) is 0.589. The minimum absolute atomic E-state index is 0.0184. The number of benzene rings is 1. The molecule has 0 amide bonds. The molecule has 1 aliphatic rings. The number of rotatable bonds is 4. The van der Waals surface area contributed by atoms with Crippen molar-refractivity contribution in [3.05, 3.63) is 23.8 Å². The van der Waals surface area contributed by atoms with Gasteiger partial charge in [0.15, 0.2) is 11.5 Å². The average molecular weight is 223 g/mol. The molecule has 0 fully saturated rings. The molecular weight excluding hydrogens is 206 g/mol. The lowest BCUT2D eigenvalue weighted by Crippen LogP contribution is -2.17. The third kappa shape index (κ3) is 2.87. The van der Waals surface area contributed by atoms with Crippen molar-refractivity contribution in [2.24, 2.45) is 0 Å². The summed E-state index contributed by atoms with van der Waals surface area (Å²) < 4.78 is 11.1. The number of nitrogens with one attached hydrogen (secondary N) is 1. The SMILES string of the molecule is OCNCCc1ccc2c(c1)OCCCO2. The van der Waals surface area contributed by atoms with Gasteiger partial charge in [0.25, 0.3) is 0 Å². The number of fused-ring (bicyclic) bond motifs is 1. The maximum atomic E-state index is 8.62. The van der Waals surface area contributed by atoms with E-state index in [9.17, 15) is 0 Å². The second-order valence-electron chi connectivity index (χ2n) is 3.74. The molecule has 0 bridgehead atoms. The Hall–Kier alpha value is -1.26. The molecule has 0 aliphatic carbocycles. The number of aliphatic hydroxyl groups is 1. The van der Waals surface area contributed by atoms with Crippen molar-refractivity contribution in [2.45, 2.75) is 12.8 Å². The Morgan fingerprint density at radius 1 is 1.19 bits per heavy atom. The summed E-state index contributed by atoms with van der Waals surface area (Å²) in [6.45, 7) is 2.21. The largest absolute Gasteiger partial charge is 0.490 e. The summed E-state index contributed by atoms with van der Waals surface area (Å²) in [6, 6.07) is 6.00. The molecule has 1 aromatic carbocycles. The highest BCUT2D eigenvalue weighted by molar-refractivity contribution is 5.43. The smallest absolute Gasteiger partial charge is 0.161 e. The first-order valence-corrected chi connectivity index (χ1v) is 5.60. The van der Waals surface area contributed by atoms with Crippen LogP contribution in [0.4, 0.5) is 0 Å². The molecule has 2 rings (SSSR count). The van der Waals surface area contributed by atoms with E-state index in [1.54, 1.807) is 0 Å². The van der Waals surface area contributed by atoms with Crippen molar-refractivity contribution in [2.75, 3.05) is 26.5 Å². The molecule has 1 aromatic rings. The average Bonchev–Trinajstić information content (AvgIpc) is 2.54. The molecule has 0 spiro atoms. The first kappa shape index (κ1) is 11.2. The van der Waals surface area contributed by atoms with Crippen LogP contribution in [0.2, 0.25) is 0 Å². The van der Waals surface area contributed by atoms with Crippen molar-refractivity contribution in [1.29, 1.82) is 0 Å². The van der Waals surface area contributed by atoms with Crippen molar-refractivity contribution in [1.82, 2.24) is 5.32 Å². The molecular formula is C12H17NO3. The van der Waals surface area contributed by atoms with Gasteiger partial charge in [-0.25, -0.2) is 0 Å². The highest BCUT2D eigenvalue weighted by Gasteiger charge is 2.10. The molecule has 0 radical (unpaired) electrons. The van der Waals surface area contributed by atoms with E-state index in [-0.39, 0.29) is 6.73 Å². The van der Waals surface area contributed by atoms with E-state index in [2.05, 4.69) is 5.32 Å². The van der Waals surface area contributed by atoms with Crippen LogP contribution in [-0.2, 0) is 6.42 Å². The Morgan fingerprint density at radius 3 is 2.81 bits per heavy atom. The number of ether oxygens (including phenoxy) is 2. The molecule has 4 heteroatoms. The van der Waals surface area contributed by atoms with Crippen LogP contribution in [0.1, 0.15) is 12.0 Å². The molecule has 0 saturated heterocycles. The summed E-state index contributed by atoms with van der Waals surface area (Å²) in [5.74, 6) is 1.66. The van der Waals surface area contributed by atoms with E-state index in [1.807, 2.05) is 18.2 Å². The Balaban J connectivity index is 2.02. The van der Waals surface area contributed by atoms with Crippen LogP contribution in [0.25, 0.3) is 0 Å². The van der Waals surface area contributed by atoms with Crippen molar-refractivity contribution < 1.29 is 14.6 Å². The first-order chi connectivity index (χ1) is 7.90. The molecule has 0 saturated carbocycles. The number of aliphatic hydroxyl groups excluding tert-OH is 1. The lowest BCUT2D eigenvalue weighted by molar-refractivity contribution is 0.262. The van der Waals surface area contributed by atoms with E-state index < -0.39 is 0 Å². The van der Waals surface area contributed by atoms with E-state index in [0.29, 0.717) is 6.61 Å². The van der Waals surface area contributed by atoms with Gasteiger partial charge in [-0.3, -0.25) is 5.32 Å². The van der Waals surface area contributed by atoms with E-state index in [0.717, 1.165) is 37.5 Å². The molecule has 88 valence electrons. The van der Waals surface area contributed by atoms with Crippen molar-refractivity contribution in [3.63, 3.8) is 0 Å². The fraction of sp³-hybridized carbons (Fsp3) is 0.500. The maximum absolute atomic E-state index is 8.62. The third-order valence-corrected chi connectivity index (χ3v) is 2.51. The molecule has 0 unspecified atom stereocenters. The second-order valence-corrected chi connectivity index (χ2v) is 3.74. The Morgan fingerprint density at radius 2 is 2.00 bits per heavy atom. The van der Waals surface area contributed by atoms with E-state index >= 15 is 0 Å². The normalized spacial score (nSPS) is 14.6. The summed E-state index contributed by atoms with van der Waals surface area (Å²) in [5, 5.41) is 11.5. The van der Waals surface area contributed by atoms with Crippen LogP contribution in [0.5, 0.6) is 11.5 Å². The predicted octanol–water partition coefficient (Wildman–Crippen LogP) is 0.930. The van der Waals surface area contributed by atoms with Crippen molar-refractivity contribution >= 4 is 0 Å². The molecule has 0 atom stereocenters. The molecule has 2 N–H and O–H groups in total. The Bertz CT molecular complexity index is 341. The van der Waals surface area contributed by atoms with Crippen LogP contribution < -0.4 is 14.8 Å². The fourth-order valence-corrected chi connectivity index (χ4v) is 1.67. The van der Waals surface area contributed by atoms with Crippen molar-refractivity contribution in [3.8, 4) is 11.5 Å². The van der Waals surface area contributed by atoms with Crippen LogP contribution in [0, 0.1) is 0 Å². The van der Waals surface area contributed by atoms with Crippen LogP contribution in [0.15, 0.2) is 18.2 Å². The van der Waals surface area contributed by atoms with Gasteiger partial charge in [0.2, 0.25) is 0 Å². The summed E-state index contributed by atoms with van der Waals surface area (Å²) in [4.78, 5) is 0. The first-order valence-electron chi connectivity index (χ1n) is 5.60. The van der Waals surface area contributed by atoms with Gasteiger partial charge in [-0.05, 0) is 24.1 Å². The van der Waals surface area contributed by atoms with E-state index in [4.69, 9.17) is 14.6 Å². The fourth-order valence-electron chi connectivity index (χ4n) is 1.67. The number of hydrogen-bond donors (Lipinski definition) is 2. The zero-order valence-corrected chi connectivity index (χ0v) is 9.24. The monoisotopic (exact) mass is 223 g/mol. The molecule has 0 aromatic heterocycles. The Labute approximate surface area is 95.2 Å². The molecule has 1 aliphatic heterocycles. The highest BCUT2D eigenvalue weighted by Crippen LogP contribution is 2.30. The Kier molecular flexibility index (Phi) is 4.02. The standard InChI is InChI=1S/C12H17NO3/c14-9-13-5-4-10-2-3-11-12(8-10)16-7-1-6-15-11/h2-3,8,13-14H,1,4-7,9H2. The van der Waals surface area contributed by atoms with Gasteiger partial charge in [0.1, 0.15) is 0 Å². The number of hydrogen-bond acceptors (Lipinski definition) is 4.